The third-order valence-corrected chi connectivity index (χ3v) is 4.50. The number of ether oxygens (including phenoxy) is 2. The Bertz CT molecular complexity index is 1030. The van der Waals surface area contributed by atoms with Crippen LogP contribution in [-0.4, -0.2) is 35.8 Å². The van der Waals surface area contributed by atoms with E-state index in [1.165, 1.54) is 17.9 Å². The van der Waals surface area contributed by atoms with Crippen molar-refractivity contribution >= 4 is 23.3 Å². The first-order valence-corrected chi connectivity index (χ1v) is 9.41. The molecule has 0 fully saturated rings. The summed E-state index contributed by atoms with van der Waals surface area (Å²) in [6.07, 6.45) is 0.972. The summed E-state index contributed by atoms with van der Waals surface area (Å²) < 4.78 is 11.9. The van der Waals surface area contributed by atoms with Crippen molar-refractivity contribution < 1.29 is 19.1 Å². The Balaban J connectivity index is 1.62. The maximum Gasteiger partial charge on any atom is 0.276 e. The fourth-order valence-electron chi connectivity index (χ4n) is 2.91. The molecule has 0 bridgehead atoms. The van der Waals surface area contributed by atoms with Gasteiger partial charge in [-0.15, -0.1) is 0 Å². The molecule has 0 aliphatic heterocycles. The summed E-state index contributed by atoms with van der Waals surface area (Å²) in [6.45, 7) is 0. The number of nitrogens with one attached hydrogen (secondary N) is 2. The molecule has 2 amide bonds. The molecular weight excluding hydrogens is 384 g/mol. The summed E-state index contributed by atoms with van der Waals surface area (Å²) in [5.74, 6) is 0.971. The summed E-state index contributed by atoms with van der Waals surface area (Å²) >= 11 is 0. The van der Waals surface area contributed by atoms with Crippen molar-refractivity contribution in [3.63, 3.8) is 0 Å². The first-order valence-electron chi connectivity index (χ1n) is 9.41. The normalized spacial score (nSPS) is 10.4. The van der Waals surface area contributed by atoms with Crippen LogP contribution in [0, 0.1) is 0 Å². The molecule has 0 aliphatic rings. The molecule has 0 saturated heterocycles. The van der Waals surface area contributed by atoms with E-state index in [1.807, 2.05) is 30.3 Å². The van der Waals surface area contributed by atoms with Crippen LogP contribution in [-0.2, 0) is 18.3 Å². The highest BCUT2D eigenvalue weighted by Gasteiger charge is 2.15. The molecule has 3 aromatic rings. The van der Waals surface area contributed by atoms with Crippen molar-refractivity contribution in [2.24, 2.45) is 7.05 Å². The molecule has 0 atom stereocenters. The molecule has 0 aliphatic carbocycles. The summed E-state index contributed by atoms with van der Waals surface area (Å²) in [6, 6.07) is 16.4. The molecular formula is C22H24N4O4. The van der Waals surface area contributed by atoms with Gasteiger partial charge in [0.05, 0.1) is 14.2 Å². The lowest BCUT2D eigenvalue weighted by Crippen LogP contribution is -2.14. The second-order valence-electron chi connectivity index (χ2n) is 6.60. The summed E-state index contributed by atoms with van der Waals surface area (Å²) in [7, 11) is 4.73. The Morgan fingerprint density at radius 3 is 2.40 bits per heavy atom. The minimum atomic E-state index is -0.400. The molecule has 1 aromatic heterocycles. The Morgan fingerprint density at radius 1 is 0.967 bits per heavy atom. The molecule has 2 aromatic carbocycles. The highest BCUT2D eigenvalue weighted by molar-refractivity contribution is 6.04. The maximum atomic E-state index is 12.6. The third-order valence-electron chi connectivity index (χ3n) is 4.50. The summed E-state index contributed by atoms with van der Waals surface area (Å²) in [4.78, 5) is 24.8. The van der Waals surface area contributed by atoms with Gasteiger partial charge in [-0.2, -0.15) is 5.10 Å². The molecule has 30 heavy (non-hydrogen) atoms. The number of carbonyl (C=O) groups excluding carboxylic acids is 2. The number of methoxy groups -OCH3 is 2. The number of carbonyl (C=O) groups is 2. The minimum absolute atomic E-state index is 0.145. The van der Waals surface area contributed by atoms with Crippen molar-refractivity contribution in [3.8, 4) is 11.5 Å². The van der Waals surface area contributed by atoms with E-state index in [2.05, 4.69) is 15.7 Å². The summed E-state index contributed by atoms with van der Waals surface area (Å²) in [5, 5.41) is 9.75. The number of aromatic nitrogens is 2. The largest absolute Gasteiger partial charge is 0.493 e. The number of rotatable bonds is 8. The average molecular weight is 408 g/mol. The molecule has 156 valence electrons. The zero-order chi connectivity index (χ0) is 21.5. The van der Waals surface area contributed by atoms with Crippen molar-refractivity contribution in [2.45, 2.75) is 12.8 Å². The third kappa shape index (κ3) is 5.16. The van der Waals surface area contributed by atoms with Crippen molar-refractivity contribution in [3.05, 3.63) is 65.9 Å². The smallest absolute Gasteiger partial charge is 0.276 e. The SMILES string of the molecule is COc1ccc(NC(=O)c2cc(NC(=O)CCc3ccccc3)n(C)n2)cc1OC. The molecule has 8 heteroatoms. The Hall–Kier alpha value is -3.81. The van der Waals surface area contributed by atoms with Crippen LogP contribution in [0.15, 0.2) is 54.6 Å². The van der Waals surface area contributed by atoms with Gasteiger partial charge in [-0.3, -0.25) is 14.3 Å². The lowest BCUT2D eigenvalue weighted by atomic mass is 10.1. The fourth-order valence-corrected chi connectivity index (χ4v) is 2.91. The quantitative estimate of drug-likeness (QED) is 0.597. The number of aryl methyl sites for hydroxylation is 2. The zero-order valence-electron chi connectivity index (χ0n) is 17.1. The van der Waals surface area contributed by atoms with E-state index in [0.717, 1.165) is 5.56 Å². The van der Waals surface area contributed by atoms with E-state index < -0.39 is 5.91 Å². The first-order chi connectivity index (χ1) is 14.5. The minimum Gasteiger partial charge on any atom is -0.493 e. The van der Waals surface area contributed by atoms with E-state index in [-0.39, 0.29) is 11.6 Å². The van der Waals surface area contributed by atoms with Crippen molar-refractivity contribution in [2.75, 3.05) is 24.9 Å². The van der Waals surface area contributed by atoms with E-state index in [4.69, 9.17) is 9.47 Å². The van der Waals surface area contributed by atoms with Crippen LogP contribution >= 0.6 is 0 Å². The number of hydrogen-bond donors (Lipinski definition) is 2. The predicted molar refractivity (Wildman–Crippen MR) is 114 cm³/mol. The van der Waals surface area contributed by atoms with E-state index in [9.17, 15) is 9.59 Å². The number of benzene rings is 2. The topological polar surface area (TPSA) is 94.5 Å². The van der Waals surface area contributed by atoms with Gasteiger partial charge in [-0.05, 0) is 24.1 Å². The average Bonchev–Trinajstić information content (AvgIpc) is 3.13. The molecule has 2 N–H and O–H groups in total. The number of anilines is 2. The monoisotopic (exact) mass is 408 g/mol. The van der Waals surface area contributed by atoms with Gasteiger partial charge in [0.2, 0.25) is 5.91 Å². The van der Waals surface area contributed by atoms with Gasteiger partial charge in [-0.1, -0.05) is 30.3 Å². The van der Waals surface area contributed by atoms with Crippen LogP contribution in [0.3, 0.4) is 0 Å². The highest BCUT2D eigenvalue weighted by Crippen LogP contribution is 2.29. The maximum absolute atomic E-state index is 12.6. The van der Waals surface area contributed by atoms with Gasteiger partial charge in [0, 0.05) is 31.3 Å². The number of amides is 2. The second kappa shape index (κ2) is 9.60. The second-order valence-corrected chi connectivity index (χ2v) is 6.60. The van der Waals surface area contributed by atoms with Crippen LogP contribution in [0.1, 0.15) is 22.5 Å². The van der Waals surface area contributed by atoms with Gasteiger partial charge < -0.3 is 20.1 Å². The van der Waals surface area contributed by atoms with E-state index >= 15 is 0 Å². The Kier molecular flexibility index (Phi) is 6.69. The van der Waals surface area contributed by atoms with Gasteiger partial charge in [0.15, 0.2) is 17.2 Å². The van der Waals surface area contributed by atoms with Crippen LogP contribution in [0.4, 0.5) is 11.5 Å². The van der Waals surface area contributed by atoms with E-state index in [0.29, 0.717) is 35.8 Å². The molecule has 0 radical (unpaired) electrons. The molecule has 0 saturated carbocycles. The predicted octanol–water partition coefficient (Wildman–Crippen LogP) is 3.26. The first kappa shape index (κ1) is 20.9. The molecule has 3 rings (SSSR count). The van der Waals surface area contributed by atoms with Crippen LogP contribution < -0.4 is 20.1 Å². The molecule has 1 heterocycles. The Labute approximate surface area is 174 Å². The number of hydrogen-bond acceptors (Lipinski definition) is 5. The lowest BCUT2D eigenvalue weighted by molar-refractivity contribution is -0.116. The van der Waals surface area contributed by atoms with Crippen molar-refractivity contribution in [1.29, 1.82) is 0 Å². The summed E-state index contributed by atoms with van der Waals surface area (Å²) in [5.41, 5.74) is 1.81. The van der Waals surface area contributed by atoms with Gasteiger partial charge in [0.1, 0.15) is 5.82 Å². The zero-order valence-corrected chi connectivity index (χ0v) is 17.1. The van der Waals surface area contributed by atoms with Gasteiger partial charge >= 0.3 is 0 Å². The van der Waals surface area contributed by atoms with Crippen molar-refractivity contribution in [1.82, 2.24) is 9.78 Å². The van der Waals surface area contributed by atoms with E-state index in [1.54, 1.807) is 32.4 Å². The van der Waals surface area contributed by atoms with Gasteiger partial charge in [-0.25, -0.2) is 0 Å². The Morgan fingerprint density at radius 2 is 1.70 bits per heavy atom. The fraction of sp³-hybridized carbons (Fsp3) is 0.227. The number of nitrogens with zero attached hydrogens (tertiary/aromatic N) is 2. The standard InChI is InChI=1S/C22H24N4O4/c1-26-20(24-21(27)12-9-15-7-5-4-6-8-15)14-17(25-26)22(28)23-16-10-11-18(29-2)19(13-16)30-3/h4-8,10-11,13-14H,9,12H2,1-3H3,(H,23,28)(H,24,27). The highest BCUT2D eigenvalue weighted by atomic mass is 16.5. The molecule has 0 spiro atoms. The molecule has 8 nitrogen and oxygen atoms in total. The van der Waals surface area contributed by atoms with Crippen LogP contribution in [0.2, 0.25) is 0 Å². The van der Waals surface area contributed by atoms with Gasteiger partial charge in [0.25, 0.3) is 5.91 Å². The van der Waals surface area contributed by atoms with Crippen LogP contribution in [0.5, 0.6) is 11.5 Å². The molecule has 0 unspecified atom stereocenters. The van der Waals surface area contributed by atoms with Crippen LogP contribution in [0.25, 0.3) is 0 Å². The lowest BCUT2D eigenvalue weighted by Gasteiger charge is -2.09.